The molecule has 56 valence electrons. The zero-order valence-corrected chi connectivity index (χ0v) is 8.59. The van der Waals surface area contributed by atoms with Gasteiger partial charge in [0.25, 0.3) is 0 Å². The molecule has 0 aromatic heterocycles. The molecular formula is C7H15AlN2. The van der Waals surface area contributed by atoms with Gasteiger partial charge in [0.1, 0.15) is 0 Å². The Morgan fingerprint density at radius 2 is 1.70 bits per heavy atom. The molecule has 1 saturated heterocycles. The molecule has 1 aliphatic carbocycles. The number of hydrogen-bond acceptors (Lipinski definition) is 2. The van der Waals surface area contributed by atoms with Crippen molar-refractivity contribution >= 4 is 16.5 Å². The Morgan fingerprint density at radius 1 is 1.20 bits per heavy atom. The number of fused-ring (bicyclic) bond motifs is 2. The summed E-state index contributed by atoms with van der Waals surface area (Å²) in [6, 6.07) is 0.546. The molecule has 1 unspecified atom stereocenters. The van der Waals surface area contributed by atoms with Crippen LogP contribution in [0.4, 0.5) is 0 Å². The summed E-state index contributed by atoms with van der Waals surface area (Å²) in [7, 11) is 0. The summed E-state index contributed by atoms with van der Waals surface area (Å²) in [6.07, 6.45) is 2.79. The number of nitrogens with two attached hydrogens (primary N) is 1. The van der Waals surface area contributed by atoms with Crippen molar-refractivity contribution in [1.29, 1.82) is 0 Å². The number of hydrogen-bond donors (Lipinski definition) is 1. The van der Waals surface area contributed by atoms with E-state index < -0.39 is 0 Å². The molecule has 10 heavy (non-hydrogen) atoms. The van der Waals surface area contributed by atoms with Crippen LogP contribution >= 0.6 is 0 Å². The summed E-state index contributed by atoms with van der Waals surface area (Å²) in [5, 5.41) is 0. The first-order valence-electron chi connectivity index (χ1n) is 4.21. The third kappa shape index (κ3) is 1.02. The monoisotopic (exact) mass is 154 g/mol. The van der Waals surface area contributed by atoms with E-state index in [0.717, 1.165) is 11.8 Å². The van der Waals surface area contributed by atoms with Crippen LogP contribution in [0.15, 0.2) is 0 Å². The molecule has 2 fully saturated rings. The average Bonchev–Trinajstić information content (AvgIpc) is 2.20. The highest BCUT2D eigenvalue weighted by atomic mass is 27.1. The SMILES string of the molecule is NC1[C@@H]2CC[C@H]1C[N]([AlH2])C2. The molecule has 2 aliphatic rings. The molecule has 1 saturated carbocycles. The fraction of sp³-hybridized carbons (Fsp3) is 1.00. The van der Waals surface area contributed by atoms with E-state index in [9.17, 15) is 0 Å². The maximum absolute atomic E-state index is 6.04. The van der Waals surface area contributed by atoms with Crippen molar-refractivity contribution in [2.75, 3.05) is 13.1 Å². The van der Waals surface area contributed by atoms with Crippen LogP contribution in [0.3, 0.4) is 0 Å². The van der Waals surface area contributed by atoms with Gasteiger partial charge in [0.2, 0.25) is 0 Å². The average molecular weight is 154 g/mol. The summed E-state index contributed by atoms with van der Waals surface area (Å²) in [5.41, 5.74) is 6.04. The van der Waals surface area contributed by atoms with E-state index in [1.165, 1.54) is 42.4 Å². The summed E-state index contributed by atoms with van der Waals surface area (Å²) in [6.45, 7) is 2.59. The van der Waals surface area contributed by atoms with Gasteiger partial charge in [-0.2, -0.15) is 0 Å². The summed E-state index contributed by atoms with van der Waals surface area (Å²) in [4.78, 5) is 0. The van der Waals surface area contributed by atoms with Gasteiger partial charge in [0.15, 0.2) is 0 Å². The Kier molecular flexibility index (Phi) is 1.78. The zero-order valence-electron chi connectivity index (χ0n) is 6.59. The molecular weight excluding hydrogens is 139 g/mol. The van der Waals surface area contributed by atoms with Gasteiger partial charge in [-0.15, -0.1) is 0 Å². The van der Waals surface area contributed by atoms with E-state index in [1.807, 2.05) is 0 Å². The first-order chi connectivity index (χ1) is 4.77. The lowest BCUT2D eigenvalue weighted by Gasteiger charge is -2.34. The van der Waals surface area contributed by atoms with Crippen LogP contribution in [0, 0.1) is 11.8 Å². The zero-order chi connectivity index (χ0) is 7.14. The van der Waals surface area contributed by atoms with Gasteiger partial charge in [-0.3, -0.25) is 0 Å². The lowest BCUT2D eigenvalue weighted by Crippen LogP contribution is -2.47. The predicted molar refractivity (Wildman–Crippen MR) is 44.3 cm³/mol. The second-order valence-electron chi connectivity index (χ2n) is 3.90. The van der Waals surface area contributed by atoms with Gasteiger partial charge < -0.3 is 9.62 Å². The van der Waals surface area contributed by atoms with Crippen molar-refractivity contribution < 1.29 is 0 Å². The highest BCUT2D eigenvalue weighted by Gasteiger charge is 2.37. The van der Waals surface area contributed by atoms with Gasteiger partial charge in [-0.1, -0.05) is 0 Å². The molecule has 1 heterocycles. The first-order valence-corrected chi connectivity index (χ1v) is 5.11. The standard InChI is InChI=1S/C7H13N2.Al.2H/c8-7-5-1-2-6(7)4-9-3-5;;;/h5-7H,1-4,8H2;;;/q-1;+1;;/t5-,6+,7?;;;. The highest BCUT2D eigenvalue weighted by molar-refractivity contribution is 6.04. The van der Waals surface area contributed by atoms with Crippen molar-refractivity contribution in [2.45, 2.75) is 18.9 Å². The molecule has 0 aromatic rings. The van der Waals surface area contributed by atoms with E-state index in [0.29, 0.717) is 6.04 Å². The Morgan fingerprint density at radius 3 is 2.20 bits per heavy atom. The normalized spacial score (nSPS) is 47.9. The molecule has 1 aliphatic heterocycles. The lowest BCUT2D eigenvalue weighted by atomic mass is 9.95. The summed E-state index contributed by atoms with van der Waals surface area (Å²) >= 11 is 1.24. The summed E-state index contributed by atoms with van der Waals surface area (Å²) in [5.74, 6) is 1.69. The smallest absolute Gasteiger partial charge is 0.321 e. The molecule has 0 spiro atoms. The van der Waals surface area contributed by atoms with Crippen molar-refractivity contribution in [1.82, 2.24) is 3.88 Å². The molecule has 2 rings (SSSR count). The van der Waals surface area contributed by atoms with E-state index in [-0.39, 0.29) is 0 Å². The van der Waals surface area contributed by atoms with Crippen molar-refractivity contribution in [2.24, 2.45) is 17.6 Å². The maximum atomic E-state index is 6.04. The van der Waals surface area contributed by atoms with E-state index in [4.69, 9.17) is 5.73 Å². The van der Waals surface area contributed by atoms with Gasteiger partial charge in [-0.25, -0.2) is 0 Å². The van der Waals surface area contributed by atoms with Crippen LogP contribution in [0.2, 0.25) is 0 Å². The van der Waals surface area contributed by atoms with Gasteiger partial charge in [0.05, 0.1) is 0 Å². The lowest BCUT2D eigenvalue weighted by molar-refractivity contribution is 0.235. The van der Waals surface area contributed by atoms with Gasteiger partial charge in [-0.05, 0) is 37.8 Å². The van der Waals surface area contributed by atoms with Crippen LogP contribution in [-0.2, 0) is 0 Å². The molecule has 2 N–H and O–H groups in total. The van der Waals surface area contributed by atoms with Crippen molar-refractivity contribution in [3.05, 3.63) is 0 Å². The molecule has 3 heteroatoms. The second kappa shape index (κ2) is 2.49. The number of piperidine rings is 1. The van der Waals surface area contributed by atoms with E-state index >= 15 is 0 Å². The molecule has 0 aromatic carbocycles. The highest BCUT2D eigenvalue weighted by Crippen LogP contribution is 2.34. The third-order valence-corrected chi connectivity index (χ3v) is 3.82. The minimum atomic E-state index is 0.546. The Balaban J connectivity index is 2.09. The first kappa shape index (κ1) is 7.12. The predicted octanol–water partition coefficient (Wildman–Crippen LogP) is -0.796. The van der Waals surface area contributed by atoms with Gasteiger partial charge in [0, 0.05) is 6.04 Å². The molecule has 0 amide bonds. The second-order valence-corrected chi connectivity index (χ2v) is 5.16. The fourth-order valence-corrected chi connectivity index (χ4v) is 3.44. The Bertz CT molecular complexity index is 126. The van der Waals surface area contributed by atoms with Crippen LogP contribution in [-0.4, -0.2) is 39.5 Å². The number of rotatable bonds is 0. The van der Waals surface area contributed by atoms with Crippen LogP contribution in [0.1, 0.15) is 12.8 Å². The Labute approximate surface area is 70.4 Å². The van der Waals surface area contributed by atoms with E-state index in [1.54, 1.807) is 0 Å². The quantitative estimate of drug-likeness (QED) is 0.463. The topological polar surface area (TPSA) is 29.3 Å². The molecule has 0 radical (unpaired) electrons. The Hall–Kier alpha value is 0.452. The summed E-state index contributed by atoms with van der Waals surface area (Å²) < 4.78 is 2.56. The van der Waals surface area contributed by atoms with Crippen LogP contribution in [0.5, 0.6) is 0 Å². The largest absolute Gasteiger partial charge is 0.390 e. The van der Waals surface area contributed by atoms with Crippen molar-refractivity contribution in [3.63, 3.8) is 0 Å². The third-order valence-electron chi connectivity index (χ3n) is 3.09. The minimum absolute atomic E-state index is 0.546. The fourth-order valence-electron chi connectivity index (χ4n) is 2.50. The van der Waals surface area contributed by atoms with Crippen LogP contribution < -0.4 is 5.73 Å². The van der Waals surface area contributed by atoms with Crippen LogP contribution in [0.25, 0.3) is 0 Å². The van der Waals surface area contributed by atoms with E-state index in [2.05, 4.69) is 3.88 Å². The molecule has 2 bridgehead atoms. The molecule has 3 atom stereocenters. The maximum Gasteiger partial charge on any atom is 0.321 e. The molecule has 2 nitrogen and oxygen atoms in total. The van der Waals surface area contributed by atoms with Gasteiger partial charge >= 0.3 is 16.5 Å². The number of nitrogens with zero attached hydrogens (tertiary/aromatic N) is 1. The van der Waals surface area contributed by atoms with Crippen molar-refractivity contribution in [3.8, 4) is 0 Å². The minimum Gasteiger partial charge on any atom is -0.390 e.